The number of carbonyl (C=O) groups excluding carboxylic acids is 2. The topological polar surface area (TPSA) is 104 Å². The normalized spacial score (nSPS) is 17.1. The number of hydrogen-bond donors (Lipinski definition) is 0. The average molecular weight is 601 g/mol. The van der Waals surface area contributed by atoms with Crippen molar-refractivity contribution in [2.24, 2.45) is 4.99 Å². The Balaban J connectivity index is 1.48. The number of morpholine rings is 1. The smallest absolute Gasteiger partial charge is 0.338 e. The first-order valence-electron chi connectivity index (χ1n) is 14.2. The van der Waals surface area contributed by atoms with Crippen molar-refractivity contribution in [3.63, 3.8) is 0 Å². The second-order valence-corrected chi connectivity index (χ2v) is 11.3. The zero-order valence-corrected chi connectivity index (χ0v) is 25.1. The lowest BCUT2D eigenvalue weighted by molar-refractivity contribution is -0.139. The Bertz CT molecular complexity index is 1930. The van der Waals surface area contributed by atoms with Gasteiger partial charge in [-0.2, -0.15) is 0 Å². The van der Waals surface area contributed by atoms with Crippen LogP contribution in [-0.2, 0) is 25.6 Å². The molecular formula is C32H32N4O6S. The predicted octanol–water partition coefficient (Wildman–Crippen LogP) is 2.62. The molecular weight excluding hydrogens is 568 g/mol. The van der Waals surface area contributed by atoms with E-state index in [9.17, 15) is 14.4 Å². The average Bonchev–Trinajstić information content (AvgIpc) is 3.52. The van der Waals surface area contributed by atoms with E-state index in [1.807, 2.05) is 64.2 Å². The number of methoxy groups -OCH3 is 1. The van der Waals surface area contributed by atoms with Crippen LogP contribution in [0.5, 0.6) is 5.75 Å². The number of thiazole rings is 1. The lowest BCUT2D eigenvalue weighted by atomic mass is 9.95. The molecule has 0 N–H and O–H groups in total. The van der Waals surface area contributed by atoms with Gasteiger partial charge < -0.3 is 23.7 Å². The maximum absolute atomic E-state index is 14.1. The third-order valence-electron chi connectivity index (χ3n) is 7.73. The molecule has 0 radical (unpaired) electrons. The Morgan fingerprint density at radius 2 is 1.86 bits per heavy atom. The van der Waals surface area contributed by atoms with E-state index in [2.05, 4.69) is 4.99 Å². The number of benzene rings is 2. The van der Waals surface area contributed by atoms with Crippen LogP contribution in [0.25, 0.3) is 17.0 Å². The second kappa shape index (κ2) is 12.0. The number of rotatable bonds is 7. The number of aromatic nitrogens is 2. The highest BCUT2D eigenvalue weighted by Gasteiger charge is 2.35. The lowest BCUT2D eigenvalue weighted by Crippen LogP contribution is -2.42. The molecule has 0 spiro atoms. The van der Waals surface area contributed by atoms with Crippen molar-refractivity contribution in [1.82, 2.24) is 14.0 Å². The van der Waals surface area contributed by atoms with Gasteiger partial charge >= 0.3 is 5.97 Å². The van der Waals surface area contributed by atoms with Gasteiger partial charge in [0.1, 0.15) is 18.3 Å². The summed E-state index contributed by atoms with van der Waals surface area (Å²) in [6, 6.07) is 14.4. The molecule has 2 aromatic carbocycles. The monoisotopic (exact) mass is 600 g/mol. The Labute approximate surface area is 251 Å². The van der Waals surface area contributed by atoms with Gasteiger partial charge in [-0.25, -0.2) is 9.79 Å². The summed E-state index contributed by atoms with van der Waals surface area (Å²) in [5.74, 6) is 0.0438. The summed E-state index contributed by atoms with van der Waals surface area (Å²) in [5.41, 5.74) is 2.87. The van der Waals surface area contributed by atoms with E-state index in [0.717, 1.165) is 16.5 Å². The first kappa shape index (κ1) is 28.6. The molecule has 2 aliphatic heterocycles. The zero-order valence-electron chi connectivity index (χ0n) is 24.2. The molecule has 4 heterocycles. The maximum Gasteiger partial charge on any atom is 0.338 e. The van der Waals surface area contributed by atoms with Crippen molar-refractivity contribution in [1.29, 1.82) is 0 Å². The van der Waals surface area contributed by atoms with Gasteiger partial charge in [-0.1, -0.05) is 47.7 Å². The van der Waals surface area contributed by atoms with E-state index in [1.54, 1.807) is 31.6 Å². The quantitative estimate of drug-likeness (QED) is 0.302. The molecule has 10 nitrogen and oxygen atoms in total. The molecule has 1 saturated heterocycles. The third kappa shape index (κ3) is 5.30. The molecule has 4 aromatic rings. The van der Waals surface area contributed by atoms with Crippen LogP contribution in [0, 0.1) is 0 Å². The molecule has 222 valence electrons. The Morgan fingerprint density at radius 3 is 2.63 bits per heavy atom. The maximum atomic E-state index is 14.1. The van der Waals surface area contributed by atoms with Crippen LogP contribution in [0.2, 0.25) is 0 Å². The molecule has 2 aliphatic rings. The van der Waals surface area contributed by atoms with E-state index in [-0.39, 0.29) is 24.6 Å². The zero-order chi connectivity index (χ0) is 30.1. The third-order valence-corrected chi connectivity index (χ3v) is 8.71. The van der Waals surface area contributed by atoms with Crippen LogP contribution in [0.4, 0.5) is 0 Å². The van der Waals surface area contributed by atoms with Crippen LogP contribution < -0.4 is 19.6 Å². The van der Waals surface area contributed by atoms with E-state index in [4.69, 9.17) is 14.2 Å². The minimum atomic E-state index is -0.777. The van der Waals surface area contributed by atoms with Crippen molar-refractivity contribution in [2.45, 2.75) is 26.4 Å². The highest BCUT2D eigenvalue weighted by molar-refractivity contribution is 7.07. The number of esters is 1. The lowest BCUT2D eigenvalue weighted by Gasteiger charge is -2.27. The molecule has 43 heavy (non-hydrogen) atoms. The van der Waals surface area contributed by atoms with Crippen molar-refractivity contribution < 1.29 is 23.8 Å². The fraction of sp³-hybridized carbons (Fsp3) is 0.312. The van der Waals surface area contributed by atoms with Crippen LogP contribution >= 0.6 is 11.3 Å². The van der Waals surface area contributed by atoms with Crippen molar-refractivity contribution in [2.75, 3.05) is 40.0 Å². The minimum absolute atomic E-state index is 0.0220. The molecule has 0 aliphatic carbocycles. The largest absolute Gasteiger partial charge is 0.496 e. The molecule has 11 heteroatoms. The van der Waals surface area contributed by atoms with Crippen LogP contribution in [-0.4, -0.2) is 65.9 Å². The van der Waals surface area contributed by atoms with Crippen molar-refractivity contribution in [3.05, 3.63) is 96.8 Å². The minimum Gasteiger partial charge on any atom is -0.496 e. The van der Waals surface area contributed by atoms with E-state index in [1.165, 1.54) is 11.3 Å². The van der Waals surface area contributed by atoms with Gasteiger partial charge in [-0.3, -0.25) is 14.2 Å². The number of ether oxygens (including phenoxy) is 3. The summed E-state index contributed by atoms with van der Waals surface area (Å²) in [4.78, 5) is 47.4. The fourth-order valence-electron chi connectivity index (χ4n) is 5.70. The number of nitrogens with zero attached hydrogens (tertiary/aromatic N) is 4. The van der Waals surface area contributed by atoms with E-state index >= 15 is 0 Å². The van der Waals surface area contributed by atoms with E-state index < -0.39 is 12.0 Å². The standard InChI is InChI=1S/C32H32N4O6S/c1-4-42-31(39)28-20(2)33-32-36(29(28)23-10-6-8-12-25(23)40-3)30(38)26(43-32)17-21-18-35(24-11-7-5-9-22(21)24)19-27(37)34-13-15-41-16-14-34/h5-12,17-18,29H,4,13-16,19H2,1-3H3/b26-17+/t29-/m0/s1. The molecule has 0 bridgehead atoms. The molecule has 0 saturated carbocycles. The number of para-hydroxylation sites is 2. The van der Waals surface area contributed by atoms with E-state index in [0.29, 0.717) is 58.2 Å². The molecule has 6 rings (SSSR count). The van der Waals surface area contributed by atoms with Gasteiger partial charge in [0.05, 0.1) is 42.7 Å². The Hall–Kier alpha value is -4.48. The number of carbonyl (C=O) groups is 2. The van der Waals surface area contributed by atoms with Gasteiger partial charge in [0, 0.05) is 41.3 Å². The SMILES string of the molecule is CCOC(=O)C1=C(C)N=c2s/c(=C/c3cn(CC(=O)N4CCOCC4)c4ccccc34)c(=O)n2[C@H]1c1ccccc1OC. The van der Waals surface area contributed by atoms with Crippen molar-refractivity contribution in [3.8, 4) is 5.75 Å². The second-order valence-electron chi connectivity index (χ2n) is 10.3. The van der Waals surface area contributed by atoms with Gasteiger partial charge in [-0.15, -0.1) is 0 Å². The first-order chi connectivity index (χ1) is 20.9. The Morgan fingerprint density at radius 1 is 1.12 bits per heavy atom. The first-order valence-corrected chi connectivity index (χ1v) is 15.0. The summed E-state index contributed by atoms with van der Waals surface area (Å²) in [6.07, 6.45) is 3.75. The molecule has 1 atom stereocenters. The summed E-state index contributed by atoms with van der Waals surface area (Å²) in [7, 11) is 1.56. The molecule has 1 fully saturated rings. The molecule has 0 unspecified atom stereocenters. The van der Waals surface area contributed by atoms with Crippen molar-refractivity contribution >= 4 is 40.2 Å². The number of amides is 1. The summed E-state index contributed by atoms with van der Waals surface area (Å²) in [6.45, 7) is 6.10. The Kier molecular flexibility index (Phi) is 8.00. The molecule has 1 amide bonds. The van der Waals surface area contributed by atoms with Gasteiger partial charge in [0.15, 0.2) is 4.80 Å². The highest BCUT2D eigenvalue weighted by atomic mass is 32.1. The summed E-state index contributed by atoms with van der Waals surface area (Å²) < 4.78 is 20.4. The van der Waals surface area contributed by atoms with Crippen LogP contribution in [0.3, 0.4) is 0 Å². The summed E-state index contributed by atoms with van der Waals surface area (Å²) in [5, 5.41) is 0.924. The number of hydrogen-bond acceptors (Lipinski definition) is 8. The number of fused-ring (bicyclic) bond motifs is 2. The predicted molar refractivity (Wildman–Crippen MR) is 163 cm³/mol. The van der Waals surface area contributed by atoms with Crippen LogP contribution in [0.1, 0.15) is 31.0 Å². The fourth-order valence-corrected chi connectivity index (χ4v) is 6.74. The molecule has 2 aromatic heterocycles. The van der Waals surface area contributed by atoms with Gasteiger partial charge in [0.25, 0.3) is 5.56 Å². The highest BCUT2D eigenvalue weighted by Crippen LogP contribution is 2.35. The number of allylic oxidation sites excluding steroid dienone is 1. The van der Waals surface area contributed by atoms with Gasteiger partial charge in [0.2, 0.25) is 5.91 Å². The summed E-state index contributed by atoms with van der Waals surface area (Å²) >= 11 is 1.26. The van der Waals surface area contributed by atoms with Crippen LogP contribution in [0.15, 0.2) is 75.8 Å². The van der Waals surface area contributed by atoms with Gasteiger partial charge in [-0.05, 0) is 32.1 Å².